The second-order valence-corrected chi connectivity index (χ2v) is 8.24. The van der Waals surface area contributed by atoms with Crippen molar-refractivity contribution in [2.24, 2.45) is 10.9 Å². The molecule has 140 valence electrons. The predicted octanol–water partition coefficient (Wildman–Crippen LogP) is -0.370. The topological polar surface area (TPSA) is 92.3 Å². The van der Waals surface area contributed by atoms with Gasteiger partial charge in [-0.15, -0.1) is 0 Å². The molecule has 0 radical (unpaired) electrons. The van der Waals surface area contributed by atoms with Gasteiger partial charge >= 0.3 is 0 Å². The van der Waals surface area contributed by atoms with Crippen molar-refractivity contribution in [3.8, 4) is 0 Å². The summed E-state index contributed by atoms with van der Waals surface area (Å²) in [6.45, 7) is 5.59. The molecule has 2 saturated heterocycles. The summed E-state index contributed by atoms with van der Waals surface area (Å²) in [5.74, 6) is 1.51. The van der Waals surface area contributed by atoms with Gasteiger partial charge in [0.05, 0.1) is 19.0 Å². The third-order valence-electron chi connectivity index (χ3n) is 4.22. The molecule has 2 heterocycles. The Morgan fingerprint density at radius 1 is 1.38 bits per heavy atom. The second kappa shape index (κ2) is 10.2. The first-order valence-electron chi connectivity index (χ1n) is 8.69. The Bertz CT molecular complexity index is 492. The van der Waals surface area contributed by atoms with Crippen molar-refractivity contribution in [1.29, 1.82) is 0 Å². The van der Waals surface area contributed by atoms with Crippen LogP contribution in [0, 0.1) is 5.92 Å². The van der Waals surface area contributed by atoms with E-state index in [0.717, 1.165) is 45.6 Å². The van der Waals surface area contributed by atoms with Crippen LogP contribution in [0.3, 0.4) is 0 Å². The summed E-state index contributed by atoms with van der Waals surface area (Å²) in [7, 11) is -1.31. The monoisotopic (exact) mass is 362 g/mol. The quantitative estimate of drug-likeness (QED) is 0.330. The minimum absolute atomic E-state index is 0.271. The second-order valence-electron chi connectivity index (χ2n) is 6.15. The van der Waals surface area contributed by atoms with Gasteiger partial charge in [0.15, 0.2) is 5.96 Å². The van der Waals surface area contributed by atoms with Gasteiger partial charge in [-0.3, -0.25) is 4.99 Å². The molecule has 2 N–H and O–H groups in total. The summed E-state index contributed by atoms with van der Waals surface area (Å²) >= 11 is 0. The molecule has 1 atom stereocenters. The van der Waals surface area contributed by atoms with E-state index in [1.807, 2.05) is 0 Å². The normalized spacial score (nSPS) is 24.4. The molecule has 0 saturated carbocycles. The van der Waals surface area contributed by atoms with Crippen molar-refractivity contribution >= 4 is 16.0 Å². The minimum Gasteiger partial charge on any atom is -0.381 e. The van der Waals surface area contributed by atoms with Crippen LogP contribution in [0.1, 0.15) is 19.3 Å². The molecule has 0 spiro atoms. The first-order chi connectivity index (χ1) is 11.6. The van der Waals surface area contributed by atoms with Crippen LogP contribution in [0.2, 0.25) is 0 Å². The van der Waals surface area contributed by atoms with Crippen LogP contribution < -0.4 is 10.6 Å². The number of nitrogens with one attached hydrogen (secondary N) is 2. The molecule has 2 aliphatic rings. The molecule has 2 rings (SSSR count). The lowest BCUT2D eigenvalue weighted by atomic mass is 10.1. The molecule has 24 heavy (non-hydrogen) atoms. The SMILES string of the molecule is CN=C(NCCCOCC1CCOC1)NCCN1CCCS1(=O)=O. The summed E-state index contributed by atoms with van der Waals surface area (Å²) < 4.78 is 35.9. The van der Waals surface area contributed by atoms with Gasteiger partial charge in [-0.2, -0.15) is 0 Å². The highest BCUT2D eigenvalue weighted by Gasteiger charge is 2.27. The maximum atomic E-state index is 11.7. The maximum Gasteiger partial charge on any atom is 0.214 e. The third-order valence-corrected chi connectivity index (χ3v) is 6.17. The number of sulfonamides is 1. The zero-order chi connectivity index (χ0) is 17.3. The van der Waals surface area contributed by atoms with Gasteiger partial charge in [0.1, 0.15) is 0 Å². The van der Waals surface area contributed by atoms with Gasteiger partial charge in [0, 0.05) is 52.4 Å². The fourth-order valence-corrected chi connectivity index (χ4v) is 4.34. The summed E-state index contributed by atoms with van der Waals surface area (Å²) in [6, 6.07) is 0. The highest BCUT2D eigenvalue weighted by atomic mass is 32.2. The zero-order valence-corrected chi connectivity index (χ0v) is 15.3. The highest BCUT2D eigenvalue weighted by molar-refractivity contribution is 7.89. The summed E-state index contributed by atoms with van der Waals surface area (Å²) in [5, 5.41) is 6.36. The molecule has 0 aliphatic carbocycles. The minimum atomic E-state index is -3.02. The Kier molecular flexibility index (Phi) is 8.23. The van der Waals surface area contributed by atoms with Gasteiger partial charge in [0.2, 0.25) is 10.0 Å². The van der Waals surface area contributed by atoms with Crippen LogP contribution in [0.15, 0.2) is 4.99 Å². The van der Waals surface area contributed by atoms with Crippen LogP contribution in [0.4, 0.5) is 0 Å². The first-order valence-corrected chi connectivity index (χ1v) is 10.3. The van der Waals surface area contributed by atoms with Crippen molar-refractivity contribution in [3.05, 3.63) is 0 Å². The van der Waals surface area contributed by atoms with Crippen LogP contribution in [-0.4, -0.2) is 84.1 Å². The number of hydrogen-bond acceptors (Lipinski definition) is 5. The molecular weight excluding hydrogens is 332 g/mol. The van der Waals surface area contributed by atoms with E-state index in [9.17, 15) is 8.42 Å². The molecule has 0 bridgehead atoms. The number of hydrogen-bond donors (Lipinski definition) is 2. The van der Waals surface area contributed by atoms with E-state index in [1.165, 1.54) is 4.31 Å². The molecule has 2 aliphatic heterocycles. The fraction of sp³-hybridized carbons (Fsp3) is 0.933. The lowest BCUT2D eigenvalue weighted by Crippen LogP contribution is -2.42. The lowest BCUT2D eigenvalue weighted by molar-refractivity contribution is 0.0888. The van der Waals surface area contributed by atoms with Crippen molar-refractivity contribution in [2.75, 3.05) is 65.4 Å². The van der Waals surface area contributed by atoms with Gasteiger partial charge in [-0.1, -0.05) is 0 Å². The number of nitrogens with zero attached hydrogens (tertiary/aromatic N) is 2. The van der Waals surface area contributed by atoms with Crippen molar-refractivity contribution in [1.82, 2.24) is 14.9 Å². The van der Waals surface area contributed by atoms with Crippen molar-refractivity contribution in [2.45, 2.75) is 19.3 Å². The van der Waals surface area contributed by atoms with Crippen LogP contribution in [0.5, 0.6) is 0 Å². The highest BCUT2D eigenvalue weighted by Crippen LogP contribution is 2.12. The molecule has 2 fully saturated rings. The van der Waals surface area contributed by atoms with E-state index < -0.39 is 10.0 Å². The van der Waals surface area contributed by atoms with Crippen LogP contribution >= 0.6 is 0 Å². The van der Waals surface area contributed by atoms with Gasteiger partial charge < -0.3 is 20.1 Å². The van der Waals surface area contributed by atoms with Crippen LogP contribution in [-0.2, 0) is 19.5 Å². The van der Waals surface area contributed by atoms with E-state index >= 15 is 0 Å². The fourth-order valence-electron chi connectivity index (χ4n) is 2.81. The van der Waals surface area contributed by atoms with Crippen LogP contribution in [0.25, 0.3) is 0 Å². The molecule has 9 heteroatoms. The van der Waals surface area contributed by atoms with E-state index in [1.54, 1.807) is 7.05 Å². The largest absolute Gasteiger partial charge is 0.381 e. The number of guanidine groups is 1. The smallest absolute Gasteiger partial charge is 0.214 e. The average molecular weight is 362 g/mol. The standard InChI is InChI=1S/C15H30N4O4S/c1-16-15(18-6-8-19-7-3-11-24(19,20)21)17-5-2-9-22-12-14-4-10-23-13-14/h14H,2-13H2,1H3,(H2,16,17,18). The van der Waals surface area contributed by atoms with Gasteiger partial charge in [0.25, 0.3) is 0 Å². The predicted molar refractivity (Wildman–Crippen MR) is 93.7 cm³/mol. The average Bonchev–Trinajstić information content (AvgIpc) is 3.18. The number of rotatable bonds is 9. The van der Waals surface area contributed by atoms with E-state index in [2.05, 4.69) is 15.6 Å². The van der Waals surface area contributed by atoms with Crippen molar-refractivity contribution < 1.29 is 17.9 Å². The Hall–Kier alpha value is -0.900. The Morgan fingerprint density at radius 2 is 2.21 bits per heavy atom. The molecule has 0 aromatic heterocycles. The first kappa shape index (κ1) is 19.4. The summed E-state index contributed by atoms with van der Waals surface area (Å²) in [4.78, 5) is 4.14. The van der Waals surface area contributed by atoms with Gasteiger partial charge in [-0.25, -0.2) is 12.7 Å². The van der Waals surface area contributed by atoms with E-state index in [0.29, 0.717) is 38.1 Å². The van der Waals surface area contributed by atoms with Gasteiger partial charge in [-0.05, 0) is 19.3 Å². The third kappa shape index (κ3) is 6.54. The summed E-state index contributed by atoms with van der Waals surface area (Å²) in [6.07, 6.45) is 2.72. The summed E-state index contributed by atoms with van der Waals surface area (Å²) in [5.41, 5.74) is 0. The number of aliphatic imine (C=N–C) groups is 1. The molecule has 0 aromatic rings. The lowest BCUT2D eigenvalue weighted by Gasteiger charge is -2.16. The Morgan fingerprint density at radius 3 is 2.88 bits per heavy atom. The van der Waals surface area contributed by atoms with E-state index in [-0.39, 0.29) is 5.75 Å². The maximum absolute atomic E-state index is 11.7. The molecular formula is C15H30N4O4S. The molecule has 0 amide bonds. The Labute approximate surface area is 145 Å². The molecule has 1 unspecified atom stereocenters. The van der Waals surface area contributed by atoms with E-state index in [4.69, 9.17) is 9.47 Å². The van der Waals surface area contributed by atoms with Crippen molar-refractivity contribution in [3.63, 3.8) is 0 Å². The molecule has 8 nitrogen and oxygen atoms in total. The molecule has 0 aromatic carbocycles. The number of ether oxygens (including phenoxy) is 2. The zero-order valence-electron chi connectivity index (χ0n) is 14.5. The Balaban J connectivity index is 1.49.